The normalized spacial score (nSPS) is 29.0. The fourth-order valence-electron chi connectivity index (χ4n) is 5.13. The first-order chi connectivity index (χ1) is 14.1. The third-order valence-electron chi connectivity index (χ3n) is 6.77. The Bertz CT molecular complexity index is 944. The first-order valence-electron chi connectivity index (χ1n) is 10.5. The lowest BCUT2D eigenvalue weighted by molar-refractivity contribution is -0.136. The van der Waals surface area contributed by atoms with E-state index in [2.05, 4.69) is 15.6 Å². The van der Waals surface area contributed by atoms with Crippen molar-refractivity contribution in [2.45, 2.75) is 44.2 Å². The van der Waals surface area contributed by atoms with Crippen molar-refractivity contribution in [3.63, 3.8) is 0 Å². The van der Waals surface area contributed by atoms with Gasteiger partial charge in [-0.15, -0.1) is 0 Å². The van der Waals surface area contributed by atoms with Crippen molar-refractivity contribution in [2.24, 2.45) is 11.8 Å². The summed E-state index contributed by atoms with van der Waals surface area (Å²) in [6, 6.07) is 7.88. The van der Waals surface area contributed by atoms with Gasteiger partial charge in [0.05, 0.1) is 6.04 Å². The lowest BCUT2D eigenvalue weighted by atomic mass is 9.85. The fourth-order valence-corrected chi connectivity index (χ4v) is 5.13. The van der Waals surface area contributed by atoms with Crippen molar-refractivity contribution in [3.05, 3.63) is 36.0 Å². The molecule has 29 heavy (non-hydrogen) atoms. The molecule has 152 valence electrons. The highest BCUT2D eigenvalue weighted by molar-refractivity contribution is 5.98. The average Bonchev–Trinajstić information content (AvgIpc) is 3.41. The first-order valence-corrected chi connectivity index (χ1v) is 10.5. The van der Waals surface area contributed by atoms with E-state index in [1.807, 2.05) is 35.4 Å². The standard InChI is InChI=1S/C22H26N4O3/c27-20-10-16-11-26(12-19(16)25-20)22(29)13-1-4-17(5-2-13)24-21(28)15-3-6-18-14(9-15)7-8-23-18/h3,6-9,13,16-17,19,23H,1-2,4-5,10-12H2,(H,24,28)(H,25,27)/t13?,16-,17?,19+/m0/s1. The number of rotatable bonds is 3. The first kappa shape index (κ1) is 18.2. The van der Waals surface area contributed by atoms with Gasteiger partial charge in [0.2, 0.25) is 11.8 Å². The van der Waals surface area contributed by atoms with Crippen LogP contribution in [0.1, 0.15) is 42.5 Å². The number of carbonyl (C=O) groups excluding carboxylic acids is 3. The Morgan fingerprint density at radius 1 is 1.07 bits per heavy atom. The molecular formula is C22H26N4O3. The molecule has 2 atom stereocenters. The zero-order valence-electron chi connectivity index (χ0n) is 16.3. The second kappa shape index (κ2) is 7.21. The highest BCUT2D eigenvalue weighted by atomic mass is 16.2. The number of hydrogen-bond acceptors (Lipinski definition) is 3. The van der Waals surface area contributed by atoms with E-state index in [9.17, 15) is 14.4 Å². The lowest BCUT2D eigenvalue weighted by Gasteiger charge is -2.31. The number of nitrogens with one attached hydrogen (secondary N) is 3. The van der Waals surface area contributed by atoms with Crippen LogP contribution in [0.25, 0.3) is 10.9 Å². The monoisotopic (exact) mass is 394 g/mol. The summed E-state index contributed by atoms with van der Waals surface area (Å²) in [4.78, 5) is 42.0. The average molecular weight is 394 g/mol. The minimum absolute atomic E-state index is 0.0360. The molecular weight excluding hydrogens is 368 g/mol. The molecule has 7 heteroatoms. The molecule has 7 nitrogen and oxygen atoms in total. The third kappa shape index (κ3) is 3.50. The second-order valence-electron chi connectivity index (χ2n) is 8.68. The van der Waals surface area contributed by atoms with Crippen molar-refractivity contribution in [1.82, 2.24) is 20.5 Å². The fraction of sp³-hybridized carbons (Fsp3) is 0.500. The van der Waals surface area contributed by atoms with Gasteiger partial charge in [0, 0.05) is 60.1 Å². The van der Waals surface area contributed by atoms with Gasteiger partial charge in [0.25, 0.3) is 5.91 Å². The van der Waals surface area contributed by atoms with Crippen molar-refractivity contribution >= 4 is 28.6 Å². The van der Waals surface area contributed by atoms with Crippen LogP contribution in [0.3, 0.4) is 0 Å². The van der Waals surface area contributed by atoms with Crippen LogP contribution in [0.15, 0.2) is 30.5 Å². The molecule has 3 fully saturated rings. The van der Waals surface area contributed by atoms with Crippen molar-refractivity contribution in [1.29, 1.82) is 0 Å². The molecule has 2 saturated heterocycles. The summed E-state index contributed by atoms with van der Waals surface area (Å²) in [5.41, 5.74) is 1.69. The SMILES string of the molecule is O=C1C[C@H]2CN(C(=O)C3CCC(NC(=O)c4ccc5[nH]ccc5c4)CC3)C[C@H]2N1. The van der Waals surface area contributed by atoms with Gasteiger partial charge in [0.1, 0.15) is 0 Å². The molecule has 3 aliphatic rings. The Hall–Kier alpha value is -2.83. The van der Waals surface area contributed by atoms with Crippen LogP contribution in [0.4, 0.5) is 0 Å². The maximum atomic E-state index is 12.9. The number of aromatic nitrogens is 1. The summed E-state index contributed by atoms with van der Waals surface area (Å²) < 4.78 is 0. The van der Waals surface area contributed by atoms with Crippen molar-refractivity contribution in [2.75, 3.05) is 13.1 Å². The maximum absolute atomic E-state index is 12.9. The minimum Gasteiger partial charge on any atom is -0.361 e. The Labute approximate surface area is 169 Å². The second-order valence-corrected chi connectivity index (χ2v) is 8.68. The molecule has 0 spiro atoms. The predicted octanol–water partition coefficient (Wildman–Crippen LogP) is 1.80. The summed E-state index contributed by atoms with van der Waals surface area (Å²) >= 11 is 0. The van der Waals surface area contributed by atoms with Gasteiger partial charge in [-0.1, -0.05) is 0 Å². The predicted molar refractivity (Wildman–Crippen MR) is 108 cm³/mol. The largest absolute Gasteiger partial charge is 0.361 e. The van der Waals surface area contributed by atoms with Crippen molar-refractivity contribution < 1.29 is 14.4 Å². The van der Waals surface area contributed by atoms with Crippen LogP contribution < -0.4 is 10.6 Å². The van der Waals surface area contributed by atoms with Gasteiger partial charge >= 0.3 is 0 Å². The Kier molecular flexibility index (Phi) is 4.53. The van der Waals surface area contributed by atoms with Crippen LogP contribution >= 0.6 is 0 Å². The highest BCUT2D eigenvalue weighted by Gasteiger charge is 2.43. The molecule has 1 aromatic heterocycles. The smallest absolute Gasteiger partial charge is 0.251 e. The van der Waals surface area contributed by atoms with Gasteiger partial charge in [0.15, 0.2) is 0 Å². The molecule has 0 radical (unpaired) electrons. The molecule has 2 aromatic rings. The van der Waals surface area contributed by atoms with E-state index in [0.717, 1.165) is 36.6 Å². The van der Waals surface area contributed by atoms with E-state index in [4.69, 9.17) is 0 Å². The number of benzene rings is 1. The summed E-state index contributed by atoms with van der Waals surface area (Å²) in [7, 11) is 0. The van der Waals surface area contributed by atoms with Gasteiger partial charge < -0.3 is 20.5 Å². The molecule has 3 heterocycles. The number of aromatic amines is 1. The topological polar surface area (TPSA) is 94.3 Å². The molecule has 0 bridgehead atoms. The lowest BCUT2D eigenvalue weighted by Crippen LogP contribution is -2.43. The Balaban J connectivity index is 1.13. The number of H-pyrrole nitrogens is 1. The zero-order chi connectivity index (χ0) is 20.0. The van der Waals surface area contributed by atoms with E-state index in [-0.39, 0.29) is 41.6 Å². The molecule has 3 N–H and O–H groups in total. The molecule has 5 rings (SSSR count). The minimum atomic E-state index is -0.0500. The molecule has 1 aromatic carbocycles. The van der Waals surface area contributed by atoms with Crippen LogP contribution in [-0.2, 0) is 9.59 Å². The van der Waals surface area contributed by atoms with Crippen LogP contribution in [0, 0.1) is 11.8 Å². The summed E-state index contributed by atoms with van der Waals surface area (Å²) in [6.45, 7) is 1.34. The number of amides is 3. The van der Waals surface area contributed by atoms with Crippen LogP contribution in [0.5, 0.6) is 0 Å². The quantitative estimate of drug-likeness (QED) is 0.741. The van der Waals surface area contributed by atoms with Crippen LogP contribution in [-0.4, -0.2) is 52.8 Å². The Morgan fingerprint density at radius 2 is 1.90 bits per heavy atom. The highest BCUT2D eigenvalue weighted by Crippen LogP contribution is 2.31. The van der Waals surface area contributed by atoms with E-state index in [0.29, 0.717) is 25.1 Å². The van der Waals surface area contributed by atoms with Gasteiger partial charge in [-0.3, -0.25) is 14.4 Å². The molecule has 3 amide bonds. The molecule has 2 aliphatic heterocycles. The number of likely N-dealkylation sites (tertiary alicyclic amines) is 1. The van der Waals surface area contributed by atoms with Crippen LogP contribution in [0.2, 0.25) is 0 Å². The maximum Gasteiger partial charge on any atom is 0.251 e. The summed E-state index contributed by atoms with van der Waals surface area (Å²) in [5, 5.41) is 7.14. The molecule has 1 saturated carbocycles. The number of hydrogen-bond donors (Lipinski definition) is 3. The summed E-state index contributed by atoms with van der Waals surface area (Å²) in [5.74, 6) is 0.592. The van der Waals surface area contributed by atoms with E-state index >= 15 is 0 Å². The molecule has 0 unspecified atom stereocenters. The van der Waals surface area contributed by atoms with Gasteiger partial charge in [-0.25, -0.2) is 0 Å². The van der Waals surface area contributed by atoms with Crippen molar-refractivity contribution in [3.8, 4) is 0 Å². The third-order valence-corrected chi connectivity index (χ3v) is 6.77. The van der Waals surface area contributed by atoms with Gasteiger partial charge in [-0.05, 0) is 49.9 Å². The number of nitrogens with zero attached hydrogens (tertiary/aromatic N) is 1. The summed E-state index contributed by atoms with van der Waals surface area (Å²) in [6.07, 6.45) is 5.67. The molecule has 1 aliphatic carbocycles. The number of carbonyl (C=O) groups is 3. The van der Waals surface area contributed by atoms with E-state index < -0.39 is 0 Å². The Morgan fingerprint density at radius 3 is 2.69 bits per heavy atom. The van der Waals surface area contributed by atoms with E-state index in [1.165, 1.54) is 0 Å². The van der Waals surface area contributed by atoms with Gasteiger partial charge in [-0.2, -0.15) is 0 Å². The van der Waals surface area contributed by atoms with E-state index in [1.54, 1.807) is 0 Å². The zero-order valence-corrected chi connectivity index (χ0v) is 16.3. The number of fused-ring (bicyclic) bond motifs is 2.